The van der Waals surface area contributed by atoms with Crippen LogP contribution in [0.25, 0.3) is 0 Å². The smallest absolute Gasteiger partial charge is 0.151 e. The molecule has 0 aromatic heterocycles. The summed E-state index contributed by atoms with van der Waals surface area (Å²) >= 11 is 0. The molecular weight excluding hydrogens is 234 g/mol. The Morgan fingerprint density at radius 2 is 1.94 bits per heavy atom. The van der Waals surface area contributed by atoms with Crippen molar-refractivity contribution < 1.29 is 8.42 Å². The van der Waals surface area contributed by atoms with Gasteiger partial charge in [-0.25, -0.2) is 8.42 Å². The summed E-state index contributed by atoms with van der Waals surface area (Å²) in [4.78, 5) is 0. The third kappa shape index (κ3) is 4.96. The van der Waals surface area contributed by atoms with Crippen LogP contribution in [-0.4, -0.2) is 32.5 Å². The van der Waals surface area contributed by atoms with Crippen molar-refractivity contribution in [3.8, 4) is 0 Å². The molecule has 102 valence electrons. The Labute approximate surface area is 106 Å². The fourth-order valence-corrected chi connectivity index (χ4v) is 3.93. The van der Waals surface area contributed by atoms with Crippen molar-refractivity contribution in [1.82, 2.24) is 5.32 Å². The van der Waals surface area contributed by atoms with Crippen molar-refractivity contribution in [2.75, 3.05) is 18.1 Å². The normalized spacial score (nSPS) is 24.8. The van der Waals surface area contributed by atoms with E-state index in [9.17, 15) is 8.42 Å². The van der Waals surface area contributed by atoms with Gasteiger partial charge in [0.05, 0.1) is 5.75 Å². The molecular formula is C13H27NO2S. The van der Waals surface area contributed by atoms with E-state index >= 15 is 0 Å². The summed E-state index contributed by atoms with van der Waals surface area (Å²) in [5.74, 6) is 0.607. The van der Waals surface area contributed by atoms with Crippen LogP contribution in [0.3, 0.4) is 0 Å². The van der Waals surface area contributed by atoms with Gasteiger partial charge in [-0.2, -0.15) is 0 Å². The minimum absolute atomic E-state index is 0.285. The number of sulfone groups is 1. The van der Waals surface area contributed by atoms with Gasteiger partial charge in [0, 0.05) is 18.3 Å². The Morgan fingerprint density at radius 3 is 2.53 bits per heavy atom. The van der Waals surface area contributed by atoms with Crippen LogP contribution >= 0.6 is 0 Å². The molecule has 0 spiro atoms. The Kier molecular flexibility index (Phi) is 5.45. The Bertz CT molecular complexity index is 322. The molecule has 4 heteroatoms. The van der Waals surface area contributed by atoms with E-state index in [0.29, 0.717) is 23.8 Å². The highest BCUT2D eigenvalue weighted by molar-refractivity contribution is 7.91. The molecule has 1 fully saturated rings. The highest BCUT2D eigenvalue weighted by Crippen LogP contribution is 2.35. The molecule has 0 aromatic rings. The predicted octanol–water partition coefficient (Wildman–Crippen LogP) is 2.37. The second kappa shape index (κ2) is 6.19. The number of nitrogens with one attached hydrogen (secondary N) is 1. The first-order valence-corrected chi connectivity index (χ1v) is 8.63. The van der Waals surface area contributed by atoms with E-state index < -0.39 is 9.84 Å². The molecule has 0 bridgehead atoms. The standard InChI is InChI=1S/C13H27NO2S/c1-4-10-17(15,16)11-9-14-12-7-5-6-8-13(12,2)3/h12,14H,4-11H2,1-3H3/t12-/m1/s1. The maximum Gasteiger partial charge on any atom is 0.151 e. The summed E-state index contributed by atoms with van der Waals surface area (Å²) in [5, 5.41) is 3.45. The molecule has 1 rings (SSSR count). The lowest BCUT2D eigenvalue weighted by Gasteiger charge is -2.39. The molecule has 17 heavy (non-hydrogen) atoms. The van der Waals surface area contributed by atoms with Gasteiger partial charge in [-0.1, -0.05) is 33.6 Å². The molecule has 1 N–H and O–H groups in total. The van der Waals surface area contributed by atoms with Crippen molar-refractivity contribution in [2.45, 2.75) is 58.9 Å². The summed E-state index contributed by atoms with van der Waals surface area (Å²) in [7, 11) is -2.83. The van der Waals surface area contributed by atoms with Crippen LogP contribution in [0, 0.1) is 5.41 Å². The largest absolute Gasteiger partial charge is 0.312 e. The van der Waals surface area contributed by atoms with Gasteiger partial charge in [0.25, 0.3) is 0 Å². The molecule has 0 heterocycles. The van der Waals surface area contributed by atoms with Crippen LogP contribution in [0.2, 0.25) is 0 Å². The quantitative estimate of drug-likeness (QED) is 0.798. The molecule has 0 amide bonds. The van der Waals surface area contributed by atoms with E-state index in [1.807, 2.05) is 6.92 Å². The average molecular weight is 261 g/mol. The Morgan fingerprint density at radius 1 is 1.24 bits per heavy atom. The molecule has 1 aliphatic rings. The van der Waals surface area contributed by atoms with E-state index in [2.05, 4.69) is 19.2 Å². The second-order valence-electron chi connectivity index (χ2n) is 5.89. The first-order chi connectivity index (χ1) is 7.87. The van der Waals surface area contributed by atoms with E-state index in [-0.39, 0.29) is 5.75 Å². The Hall–Kier alpha value is -0.0900. The molecule has 1 saturated carbocycles. The zero-order valence-corrected chi connectivity index (χ0v) is 12.3. The third-order valence-corrected chi connectivity index (χ3v) is 5.68. The van der Waals surface area contributed by atoms with Crippen molar-refractivity contribution in [2.24, 2.45) is 5.41 Å². The minimum atomic E-state index is -2.83. The van der Waals surface area contributed by atoms with E-state index in [1.54, 1.807) is 0 Å². The Balaban J connectivity index is 2.35. The maximum absolute atomic E-state index is 11.6. The van der Waals surface area contributed by atoms with Crippen molar-refractivity contribution in [3.05, 3.63) is 0 Å². The minimum Gasteiger partial charge on any atom is -0.312 e. The summed E-state index contributed by atoms with van der Waals surface area (Å²) in [6.07, 6.45) is 5.71. The van der Waals surface area contributed by atoms with Crippen LogP contribution in [0.1, 0.15) is 52.9 Å². The second-order valence-corrected chi connectivity index (χ2v) is 8.20. The first-order valence-electron chi connectivity index (χ1n) is 6.81. The summed E-state index contributed by atoms with van der Waals surface area (Å²) in [6.45, 7) is 7.08. The predicted molar refractivity (Wildman–Crippen MR) is 73.0 cm³/mol. The third-order valence-electron chi connectivity index (χ3n) is 3.83. The van der Waals surface area contributed by atoms with Gasteiger partial charge >= 0.3 is 0 Å². The highest BCUT2D eigenvalue weighted by Gasteiger charge is 2.31. The lowest BCUT2D eigenvalue weighted by molar-refractivity contribution is 0.170. The van der Waals surface area contributed by atoms with Gasteiger partial charge in [-0.15, -0.1) is 0 Å². The fraction of sp³-hybridized carbons (Fsp3) is 1.00. The SMILES string of the molecule is CCCS(=O)(=O)CCN[C@@H]1CCCCC1(C)C. The van der Waals surface area contributed by atoms with Crippen molar-refractivity contribution >= 4 is 9.84 Å². The van der Waals surface area contributed by atoms with Crippen LogP contribution in [0.15, 0.2) is 0 Å². The van der Waals surface area contributed by atoms with Gasteiger partial charge in [0.15, 0.2) is 9.84 Å². The molecule has 0 unspecified atom stereocenters. The van der Waals surface area contributed by atoms with Gasteiger partial charge in [-0.05, 0) is 24.7 Å². The van der Waals surface area contributed by atoms with Crippen molar-refractivity contribution in [1.29, 1.82) is 0 Å². The lowest BCUT2D eigenvalue weighted by Crippen LogP contribution is -2.45. The fourth-order valence-electron chi connectivity index (χ4n) is 2.67. The number of hydrogen-bond donors (Lipinski definition) is 1. The van der Waals surface area contributed by atoms with E-state index in [1.165, 1.54) is 25.7 Å². The summed E-state index contributed by atoms with van der Waals surface area (Å²) in [5.41, 5.74) is 0.312. The molecule has 0 radical (unpaired) electrons. The molecule has 0 saturated heterocycles. The first kappa shape index (κ1) is 15.0. The van der Waals surface area contributed by atoms with Gasteiger partial charge < -0.3 is 5.32 Å². The van der Waals surface area contributed by atoms with Gasteiger partial charge in [0.2, 0.25) is 0 Å². The van der Waals surface area contributed by atoms with E-state index in [4.69, 9.17) is 0 Å². The molecule has 3 nitrogen and oxygen atoms in total. The van der Waals surface area contributed by atoms with Crippen LogP contribution in [0.4, 0.5) is 0 Å². The zero-order valence-electron chi connectivity index (χ0n) is 11.5. The molecule has 1 atom stereocenters. The van der Waals surface area contributed by atoms with Crippen LogP contribution in [-0.2, 0) is 9.84 Å². The summed E-state index contributed by atoms with van der Waals surface area (Å²) in [6, 6.07) is 0.480. The van der Waals surface area contributed by atoms with Crippen LogP contribution in [0.5, 0.6) is 0 Å². The highest BCUT2D eigenvalue weighted by atomic mass is 32.2. The van der Waals surface area contributed by atoms with Gasteiger partial charge in [0.1, 0.15) is 0 Å². The molecule has 1 aliphatic carbocycles. The van der Waals surface area contributed by atoms with E-state index in [0.717, 1.165) is 6.42 Å². The lowest BCUT2D eigenvalue weighted by atomic mass is 9.73. The topological polar surface area (TPSA) is 46.2 Å². The number of hydrogen-bond acceptors (Lipinski definition) is 3. The van der Waals surface area contributed by atoms with Crippen molar-refractivity contribution in [3.63, 3.8) is 0 Å². The maximum atomic E-state index is 11.6. The molecule has 0 aromatic carbocycles. The monoisotopic (exact) mass is 261 g/mol. The zero-order chi connectivity index (χ0) is 12.9. The van der Waals surface area contributed by atoms with Crippen LogP contribution < -0.4 is 5.32 Å². The number of rotatable bonds is 6. The average Bonchev–Trinajstić information content (AvgIpc) is 2.20. The summed E-state index contributed by atoms with van der Waals surface area (Å²) < 4.78 is 23.2. The molecule has 0 aliphatic heterocycles. The van der Waals surface area contributed by atoms with Gasteiger partial charge in [-0.3, -0.25) is 0 Å².